The number of nitrogens with zero attached hydrogens (tertiary/aromatic N) is 1. The first kappa shape index (κ1) is 16.8. The number of carbonyl (C=O) groups is 1. The normalized spacial score (nSPS) is 11.5. The van der Waals surface area contributed by atoms with Gasteiger partial charge in [-0.1, -0.05) is 54.1 Å². The Bertz CT molecular complexity index is 963. The van der Waals surface area contributed by atoms with Gasteiger partial charge in [-0.15, -0.1) is 0 Å². The molecule has 0 bridgehead atoms. The molecule has 0 aliphatic heterocycles. The van der Waals surface area contributed by atoms with Crippen molar-refractivity contribution >= 4 is 39.9 Å². The van der Waals surface area contributed by atoms with Crippen molar-refractivity contribution in [1.29, 1.82) is 0 Å². The Morgan fingerprint density at radius 2 is 1.84 bits per heavy atom. The molecule has 0 saturated carbocycles. The van der Waals surface area contributed by atoms with Gasteiger partial charge in [0.15, 0.2) is 5.96 Å². The van der Waals surface area contributed by atoms with Gasteiger partial charge < -0.3 is 11.5 Å². The van der Waals surface area contributed by atoms with Gasteiger partial charge >= 0.3 is 0 Å². The van der Waals surface area contributed by atoms with Gasteiger partial charge in [-0.05, 0) is 34.5 Å². The monoisotopic (exact) mass is 352 g/mol. The molecule has 1 amide bonds. The van der Waals surface area contributed by atoms with Crippen molar-refractivity contribution in [2.24, 2.45) is 10.7 Å². The number of halogens is 1. The van der Waals surface area contributed by atoms with Gasteiger partial charge in [-0.25, -0.2) is 4.99 Å². The zero-order valence-electron chi connectivity index (χ0n) is 13.4. The minimum absolute atomic E-state index is 0.0253. The van der Waals surface area contributed by atoms with Crippen molar-refractivity contribution < 1.29 is 4.79 Å². The molecule has 6 heteroatoms. The molecule has 0 heterocycles. The molecule has 0 fully saturated rings. The summed E-state index contributed by atoms with van der Waals surface area (Å²) in [6.45, 7) is 0.360. The highest BCUT2D eigenvalue weighted by Crippen LogP contribution is 2.19. The number of amides is 1. The SMILES string of the molecule is NC(=NCc1cccc2ccccc12)NC(=O)c1cc(Cl)ccc1N. The summed E-state index contributed by atoms with van der Waals surface area (Å²) in [5, 5.41) is 5.19. The van der Waals surface area contributed by atoms with Gasteiger partial charge in [0.1, 0.15) is 0 Å². The minimum atomic E-state index is -0.445. The van der Waals surface area contributed by atoms with E-state index < -0.39 is 5.91 Å². The van der Waals surface area contributed by atoms with Gasteiger partial charge in [-0.3, -0.25) is 10.1 Å². The number of hydrogen-bond donors (Lipinski definition) is 3. The standard InChI is InChI=1S/C19H17ClN4O/c20-14-8-9-17(21)16(10-14)18(25)24-19(22)23-11-13-6-3-5-12-4-1-2-7-15(12)13/h1-10H,11,21H2,(H3,22,23,24,25). The Labute approximate surface area is 150 Å². The molecular formula is C19H17ClN4O. The Hall–Kier alpha value is -3.05. The first-order valence-electron chi connectivity index (χ1n) is 7.67. The van der Waals surface area contributed by atoms with Crippen LogP contribution in [-0.4, -0.2) is 11.9 Å². The molecule has 0 unspecified atom stereocenters. The average molecular weight is 353 g/mol. The number of nitrogen functional groups attached to an aromatic ring is 1. The molecule has 0 aliphatic rings. The van der Waals surface area contributed by atoms with Gasteiger partial charge in [0.05, 0.1) is 12.1 Å². The van der Waals surface area contributed by atoms with Crippen molar-refractivity contribution in [2.45, 2.75) is 6.54 Å². The molecular weight excluding hydrogens is 336 g/mol. The van der Waals surface area contributed by atoms with E-state index in [1.165, 1.54) is 6.07 Å². The van der Waals surface area contributed by atoms with Crippen molar-refractivity contribution in [2.75, 3.05) is 5.73 Å². The van der Waals surface area contributed by atoms with Crippen LogP contribution in [0.3, 0.4) is 0 Å². The van der Waals surface area contributed by atoms with E-state index >= 15 is 0 Å². The van der Waals surface area contributed by atoms with Crippen LogP contribution in [-0.2, 0) is 6.54 Å². The Morgan fingerprint density at radius 1 is 1.08 bits per heavy atom. The van der Waals surface area contributed by atoms with E-state index in [1.807, 2.05) is 42.5 Å². The fraction of sp³-hybridized carbons (Fsp3) is 0.0526. The number of rotatable bonds is 3. The molecule has 0 spiro atoms. The third kappa shape index (κ3) is 3.89. The minimum Gasteiger partial charge on any atom is -0.398 e. The summed E-state index contributed by atoms with van der Waals surface area (Å²) in [6, 6.07) is 18.7. The van der Waals surface area contributed by atoms with Gasteiger partial charge in [0, 0.05) is 10.7 Å². The van der Waals surface area contributed by atoms with E-state index in [-0.39, 0.29) is 11.5 Å². The van der Waals surface area contributed by atoms with E-state index in [0.29, 0.717) is 17.3 Å². The van der Waals surface area contributed by atoms with Gasteiger partial charge in [0.2, 0.25) is 0 Å². The van der Waals surface area contributed by atoms with Crippen LogP contribution in [0.15, 0.2) is 65.7 Å². The van der Waals surface area contributed by atoms with Gasteiger partial charge in [-0.2, -0.15) is 0 Å². The molecule has 0 atom stereocenters. The molecule has 5 N–H and O–H groups in total. The van der Waals surface area contributed by atoms with E-state index in [0.717, 1.165) is 16.3 Å². The second-order valence-electron chi connectivity index (χ2n) is 5.53. The number of fused-ring (bicyclic) bond motifs is 1. The predicted molar refractivity (Wildman–Crippen MR) is 103 cm³/mol. The number of carbonyl (C=O) groups excluding carboxylic acids is 1. The summed E-state index contributed by atoms with van der Waals surface area (Å²) in [7, 11) is 0. The lowest BCUT2D eigenvalue weighted by Gasteiger charge is -2.08. The maximum Gasteiger partial charge on any atom is 0.260 e. The fourth-order valence-electron chi connectivity index (χ4n) is 2.55. The third-order valence-corrected chi connectivity index (χ3v) is 4.04. The summed E-state index contributed by atoms with van der Waals surface area (Å²) in [4.78, 5) is 16.5. The number of anilines is 1. The highest BCUT2D eigenvalue weighted by molar-refractivity contribution is 6.31. The first-order valence-corrected chi connectivity index (χ1v) is 8.05. The molecule has 0 saturated heterocycles. The largest absolute Gasteiger partial charge is 0.398 e. The van der Waals surface area contributed by atoms with Crippen LogP contribution in [0, 0.1) is 0 Å². The molecule has 126 valence electrons. The van der Waals surface area contributed by atoms with E-state index in [2.05, 4.69) is 10.3 Å². The average Bonchev–Trinajstić information content (AvgIpc) is 2.61. The highest BCUT2D eigenvalue weighted by Gasteiger charge is 2.11. The number of aliphatic imine (C=N–C) groups is 1. The third-order valence-electron chi connectivity index (χ3n) is 3.80. The van der Waals surface area contributed by atoms with E-state index in [9.17, 15) is 4.79 Å². The highest BCUT2D eigenvalue weighted by atomic mass is 35.5. The molecule has 5 nitrogen and oxygen atoms in total. The quantitative estimate of drug-likeness (QED) is 0.383. The van der Waals surface area contributed by atoms with Gasteiger partial charge in [0.25, 0.3) is 5.91 Å². The van der Waals surface area contributed by atoms with E-state index in [1.54, 1.807) is 12.1 Å². The van der Waals surface area contributed by atoms with Crippen molar-refractivity contribution in [3.8, 4) is 0 Å². The van der Waals surface area contributed by atoms with Crippen molar-refractivity contribution in [3.05, 3.63) is 76.8 Å². The van der Waals surface area contributed by atoms with Crippen LogP contribution in [0.25, 0.3) is 10.8 Å². The van der Waals surface area contributed by atoms with Crippen molar-refractivity contribution in [3.63, 3.8) is 0 Å². The van der Waals surface area contributed by atoms with Crippen LogP contribution >= 0.6 is 11.6 Å². The number of benzene rings is 3. The molecule has 3 aromatic carbocycles. The van der Waals surface area contributed by atoms with Crippen LogP contribution in [0.1, 0.15) is 15.9 Å². The molecule has 25 heavy (non-hydrogen) atoms. The maximum absolute atomic E-state index is 12.2. The number of nitrogens with one attached hydrogen (secondary N) is 1. The Balaban J connectivity index is 1.75. The summed E-state index contributed by atoms with van der Waals surface area (Å²) >= 11 is 5.90. The second-order valence-corrected chi connectivity index (χ2v) is 5.96. The lowest BCUT2D eigenvalue weighted by molar-refractivity contribution is 0.0977. The fourth-order valence-corrected chi connectivity index (χ4v) is 2.72. The topological polar surface area (TPSA) is 93.5 Å². The smallest absolute Gasteiger partial charge is 0.260 e. The summed E-state index contributed by atoms with van der Waals surface area (Å²) in [6.07, 6.45) is 0. The number of hydrogen-bond acceptors (Lipinski definition) is 3. The van der Waals surface area contributed by atoms with Crippen LogP contribution in [0.5, 0.6) is 0 Å². The summed E-state index contributed by atoms with van der Waals surface area (Å²) in [5.74, 6) is -0.420. The zero-order chi connectivity index (χ0) is 17.8. The lowest BCUT2D eigenvalue weighted by Crippen LogP contribution is -2.37. The van der Waals surface area contributed by atoms with Crippen molar-refractivity contribution in [1.82, 2.24) is 5.32 Å². The number of guanidine groups is 1. The predicted octanol–water partition coefficient (Wildman–Crippen LogP) is 3.32. The zero-order valence-corrected chi connectivity index (χ0v) is 14.1. The Kier molecular flexibility index (Phi) is 4.86. The molecule has 0 aromatic heterocycles. The second kappa shape index (κ2) is 7.23. The first-order chi connectivity index (χ1) is 12.0. The number of nitrogens with two attached hydrogens (primary N) is 2. The molecule has 3 rings (SSSR count). The van der Waals surface area contributed by atoms with Crippen LogP contribution < -0.4 is 16.8 Å². The Morgan fingerprint density at radius 3 is 2.68 bits per heavy atom. The lowest BCUT2D eigenvalue weighted by atomic mass is 10.1. The molecule has 3 aromatic rings. The summed E-state index contributed by atoms with van der Waals surface area (Å²) < 4.78 is 0. The summed E-state index contributed by atoms with van der Waals surface area (Å²) in [5.41, 5.74) is 13.2. The molecule has 0 aliphatic carbocycles. The van der Waals surface area contributed by atoms with E-state index in [4.69, 9.17) is 23.1 Å². The molecule has 0 radical (unpaired) electrons. The van der Waals surface area contributed by atoms with Crippen LogP contribution in [0.4, 0.5) is 5.69 Å². The van der Waals surface area contributed by atoms with Crippen LogP contribution in [0.2, 0.25) is 5.02 Å². The maximum atomic E-state index is 12.2.